The molecule has 0 N–H and O–H groups in total. The zero-order valence-corrected chi connectivity index (χ0v) is 14.1. The average molecular weight is 290 g/mol. The van der Waals surface area contributed by atoms with E-state index in [4.69, 9.17) is 0 Å². The Morgan fingerprint density at radius 1 is 1.18 bits per heavy atom. The van der Waals surface area contributed by atoms with E-state index in [2.05, 4.69) is 56.7 Å². The minimum atomic E-state index is 0.299. The predicted octanol–water partition coefficient (Wildman–Crippen LogP) is 4.33. The van der Waals surface area contributed by atoms with Crippen molar-refractivity contribution in [1.29, 1.82) is 0 Å². The second-order valence-electron chi connectivity index (χ2n) is 7.94. The first-order valence-corrected chi connectivity index (χ1v) is 8.71. The highest BCUT2D eigenvalue weighted by atomic mass is 15.1. The number of fused-ring (bicyclic) bond motifs is 3. The summed E-state index contributed by atoms with van der Waals surface area (Å²) >= 11 is 0. The third kappa shape index (κ3) is 1.12. The maximum Gasteiger partial charge on any atom is 0.217 e. The van der Waals surface area contributed by atoms with Crippen molar-refractivity contribution in [2.24, 2.45) is 0 Å². The maximum atomic E-state index is 2.67. The van der Waals surface area contributed by atoms with Crippen LogP contribution in [0.2, 0.25) is 0 Å². The lowest BCUT2D eigenvalue weighted by Crippen LogP contribution is -2.74. The molecule has 0 radical (unpaired) electrons. The van der Waals surface area contributed by atoms with E-state index in [0.717, 1.165) is 6.42 Å². The second-order valence-corrected chi connectivity index (χ2v) is 7.94. The highest BCUT2D eigenvalue weighted by Crippen LogP contribution is 2.62. The average Bonchev–Trinajstić information content (AvgIpc) is 2.86. The third-order valence-electron chi connectivity index (χ3n) is 7.15. The van der Waals surface area contributed by atoms with Crippen molar-refractivity contribution in [3.05, 3.63) is 52.2 Å². The molecule has 0 amide bonds. The Kier molecular flexibility index (Phi) is 2.13. The fourth-order valence-electron chi connectivity index (χ4n) is 5.75. The van der Waals surface area contributed by atoms with Crippen molar-refractivity contribution in [1.82, 2.24) is 0 Å². The molecule has 2 aliphatic carbocycles. The Hall–Kier alpha value is -1.63. The fraction of sp³-hybridized carbons (Fsp3) is 0.476. The standard InChI is InChI=1S/C21H24N/c1-5-21-8-7-20(21,4)17-11-13(2)10-15-12-16-14(3)6-9-22(21)19(16)18(15)17/h6,9-11H,5,7-8,12H2,1-4H3/q+1. The largest absolute Gasteiger partial charge is 0.217 e. The van der Waals surface area contributed by atoms with Gasteiger partial charge in [0, 0.05) is 30.9 Å². The number of rotatable bonds is 1. The van der Waals surface area contributed by atoms with E-state index in [0.29, 0.717) is 11.0 Å². The Bertz CT molecular complexity index is 843. The second kappa shape index (κ2) is 3.64. The van der Waals surface area contributed by atoms with E-state index in [1.54, 1.807) is 27.9 Å². The van der Waals surface area contributed by atoms with Gasteiger partial charge < -0.3 is 0 Å². The van der Waals surface area contributed by atoms with Crippen molar-refractivity contribution in [3.63, 3.8) is 0 Å². The third-order valence-corrected chi connectivity index (χ3v) is 7.15. The molecule has 2 atom stereocenters. The van der Waals surface area contributed by atoms with Gasteiger partial charge in [0.25, 0.3) is 0 Å². The summed E-state index contributed by atoms with van der Waals surface area (Å²) in [5, 5.41) is 0. The molecule has 1 fully saturated rings. The molecule has 112 valence electrons. The Balaban J connectivity index is 1.98. The minimum absolute atomic E-state index is 0.299. The highest BCUT2D eigenvalue weighted by molar-refractivity contribution is 5.79. The van der Waals surface area contributed by atoms with E-state index in [1.165, 1.54) is 30.4 Å². The van der Waals surface area contributed by atoms with Crippen molar-refractivity contribution in [3.8, 4) is 11.3 Å². The Morgan fingerprint density at radius 3 is 2.68 bits per heavy atom. The lowest BCUT2D eigenvalue weighted by molar-refractivity contribution is -0.782. The molecule has 5 rings (SSSR count). The maximum absolute atomic E-state index is 2.67. The minimum Gasteiger partial charge on any atom is -0.192 e. The van der Waals surface area contributed by atoms with Gasteiger partial charge in [0.05, 0.1) is 11.0 Å². The molecule has 0 bridgehead atoms. The molecule has 1 aromatic heterocycles. The SMILES string of the molecule is CCC12CCC1(C)c1cc(C)cc3c1-c1c(c(C)cc[n+]12)C3. The van der Waals surface area contributed by atoms with Crippen LogP contribution in [0.1, 0.15) is 60.9 Å². The van der Waals surface area contributed by atoms with Crippen molar-refractivity contribution in [2.75, 3.05) is 0 Å². The number of hydrogen-bond acceptors (Lipinski definition) is 0. The van der Waals surface area contributed by atoms with Gasteiger partial charge in [-0.3, -0.25) is 0 Å². The molecule has 1 aliphatic heterocycles. The van der Waals surface area contributed by atoms with Gasteiger partial charge in [0.15, 0.2) is 11.7 Å². The van der Waals surface area contributed by atoms with Crippen LogP contribution in [0.4, 0.5) is 0 Å². The summed E-state index contributed by atoms with van der Waals surface area (Å²) in [7, 11) is 0. The number of aryl methyl sites for hydroxylation is 2. The van der Waals surface area contributed by atoms with Gasteiger partial charge >= 0.3 is 0 Å². The van der Waals surface area contributed by atoms with E-state index in [9.17, 15) is 0 Å². The van der Waals surface area contributed by atoms with Gasteiger partial charge in [-0.2, -0.15) is 4.57 Å². The summed E-state index contributed by atoms with van der Waals surface area (Å²) in [5.41, 5.74) is 11.4. The first kappa shape index (κ1) is 12.9. The molecule has 1 heteroatoms. The molecule has 1 nitrogen and oxygen atoms in total. The van der Waals surface area contributed by atoms with E-state index >= 15 is 0 Å². The Labute approximate surface area is 133 Å². The summed E-state index contributed by atoms with van der Waals surface area (Å²) in [5.74, 6) is 0. The van der Waals surface area contributed by atoms with Crippen molar-refractivity contribution in [2.45, 2.75) is 64.3 Å². The van der Waals surface area contributed by atoms with Gasteiger partial charge in [0.1, 0.15) is 0 Å². The summed E-state index contributed by atoms with van der Waals surface area (Å²) < 4.78 is 2.67. The highest BCUT2D eigenvalue weighted by Gasteiger charge is 2.67. The lowest BCUT2D eigenvalue weighted by atomic mass is 9.49. The number of aromatic nitrogens is 1. The van der Waals surface area contributed by atoms with Crippen LogP contribution in [0.5, 0.6) is 0 Å². The van der Waals surface area contributed by atoms with E-state index in [-0.39, 0.29) is 0 Å². The summed E-state index contributed by atoms with van der Waals surface area (Å²) in [6.45, 7) is 9.45. The molecule has 1 aromatic carbocycles. The van der Waals surface area contributed by atoms with Gasteiger partial charge in [0.2, 0.25) is 5.69 Å². The van der Waals surface area contributed by atoms with Crippen LogP contribution in [-0.2, 0) is 17.4 Å². The molecule has 0 saturated heterocycles. The van der Waals surface area contributed by atoms with Crippen LogP contribution in [0.25, 0.3) is 11.3 Å². The van der Waals surface area contributed by atoms with E-state index in [1.807, 2.05) is 0 Å². The quantitative estimate of drug-likeness (QED) is 0.587. The molecular weight excluding hydrogens is 266 g/mol. The zero-order valence-electron chi connectivity index (χ0n) is 14.1. The molecule has 2 aromatic rings. The summed E-state index contributed by atoms with van der Waals surface area (Å²) in [4.78, 5) is 0. The molecule has 22 heavy (non-hydrogen) atoms. The Morgan fingerprint density at radius 2 is 2.00 bits per heavy atom. The van der Waals surface area contributed by atoms with Crippen LogP contribution in [0.3, 0.4) is 0 Å². The first-order valence-electron chi connectivity index (χ1n) is 8.71. The van der Waals surface area contributed by atoms with Gasteiger partial charge in [-0.25, -0.2) is 0 Å². The van der Waals surface area contributed by atoms with Crippen LogP contribution >= 0.6 is 0 Å². The molecule has 0 spiro atoms. The number of nitrogens with zero attached hydrogens (tertiary/aromatic N) is 1. The normalized spacial score (nSPS) is 29.8. The predicted molar refractivity (Wildman–Crippen MR) is 89.2 cm³/mol. The van der Waals surface area contributed by atoms with Crippen LogP contribution < -0.4 is 4.57 Å². The number of pyridine rings is 1. The monoisotopic (exact) mass is 290 g/mol. The van der Waals surface area contributed by atoms with Gasteiger partial charge in [-0.1, -0.05) is 24.6 Å². The van der Waals surface area contributed by atoms with Gasteiger partial charge in [-0.05, 0) is 43.9 Å². The smallest absolute Gasteiger partial charge is 0.192 e. The number of hydrogen-bond donors (Lipinski definition) is 0. The fourth-order valence-corrected chi connectivity index (χ4v) is 5.75. The summed E-state index contributed by atoms with van der Waals surface area (Å²) in [6.07, 6.45) is 7.39. The topological polar surface area (TPSA) is 3.88 Å². The van der Waals surface area contributed by atoms with Crippen LogP contribution in [0, 0.1) is 13.8 Å². The first-order chi connectivity index (χ1) is 10.5. The van der Waals surface area contributed by atoms with Crippen molar-refractivity contribution < 1.29 is 4.57 Å². The van der Waals surface area contributed by atoms with Crippen LogP contribution in [-0.4, -0.2) is 0 Å². The molecular formula is C21H24N+. The summed E-state index contributed by atoms with van der Waals surface area (Å²) in [6, 6.07) is 7.26. The number of benzene rings is 1. The molecule has 2 heterocycles. The van der Waals surface area contributed by atoms with Crippen molar-refractivity contribution >= 4 is 0 Å². The molecule has 1 saturated carbocycles. The lowest BCUT2D eigenvalue weighted by Gasteiger charge is -2.56. The van der Waals surface area contributed by atoms with Crippen LogP contribution in [0.15, 0.2) is 24.4 Å². The van der Waals surface area contributed by atoms with Gasteiger partial charge in [-0.15, -0.1) is 0 Å². The molecule has 3 aliphatic rings. The molecule has 2 unspecified atom stereocenters. The van der Waals surface area contributed by atoms with E-state index < -0.39 is 0 Å². The zero-order chi connectivity index (χ0) is 15.3.